The lowest BCUT2D eigenvalue weighted by Crippen LogP contribution is -1.88. The monoisotopic (exact) mass is 350 g/mol. The summed E-state index contributed by atoms with van der Waals surface area (Å²) in [5.74, 6) is 0.105. The molecule has 0 saturated heterocycles. The number of fused-ring (bicyclic) bond motifs is 1. The lowest BCUT2D eigenvalue weighted by molar-refractivity contribution is 0.620. The SMILES string of the molecule is Fc1cccc(Cl)c1C=Nc1cccc(-c2nc3ccccc3o2)c1. The summed E-state index contributed by atoms with van der Waals surface area (Å²) in [6, 6.07) is 19.5. The minimum absolute atomic E-state index is 0.261. The fourth-order valence-electron chi connectivity index (χ4n) is 2.49. The summed E-state index contributed by atoms with van der Waals surface area (Å²) in [5, 5.41) is 0.318. The fraction of sp³-hybridized carbons (Fsp3) is 0. The summed E-state index contributed by atoms with van der Waals surface area (Å²) >= 11 is 6.01. The molecule has 25 heavy (non-hydrogen) atoms. The molecule has 4 rings (SSSR count). The Bertz CT molecular complexity index is 1030. The van der Waals surface area contributed by atoms with E-state index in [2.05, 4.69) is 9.98 Å². The van der Waals surface area contributed by atoms with Crippen LogP contribution in [0.25, 0.3) is 22.6 Å². The number of benzene rings is 3. The molecule has 3 aromatic carbocycles. The molecule has 0 spiro atoms. The van der Waals surface area contributed by atoms with E-state index in [0.29, 0.717) is 16.6 Å². The zero-order chi connectivity index (χ0) is 17.2. The van der Waals surface area contributed by atoms with Crippen LogP contribution in [0.3, 0.4) is 0 Å². The molecule has 122 valence electrons. The molecule has 0 bridgehead atoms. The lowest BCUT2D eigenvalue weighted by Gasteiger charge is -2.00. The van der Waals surface area contributed by atoms with Gasteiger partial charge in [-0.2, -0.15) is 0 Å². The van der Waals surface area contributed by atoms with Gasteiger partial charge in [0.25, 0.3) is 0 Å². The highest BCUT2D eigenvalue weighted by Crippen LogP contribution is 2.27. The van der Waals surface area contributed by atoms with Crippen LogP contribution in [-0.4, -0.2) is 11.2 Å². The first-order valence-corrected chi connectivity index (χ1v) is 8.02. The van der Waals surface area contributed by atoms with Crippen molar-refractivity contribution < 1.29 is 8.81 Å². The van der Waals surface area contributed by atoms with E-state index in [4.69, 9.17) is 16.0 Å². The molecule has 1 heterocycles. The molecule has 0 unspecified atom stereocenters. The Balaban J connectivity index is 1.69. The van der Waals surface area contributed by atoms with Crippen molar-refractivity contribution in [3.63, 3.8) is 0 Å². The van der Waals surface area contributed by atoms with Crippen LogP contribution in [0.2, 0.25) is 5.02 Å². The first-order chi connectivity index (χ1) is 12.2. The maximum absolute atomic E-state index is 13.8. The van der Waals surface area contributed by atoms with Gasteiger partial charge in [-0.05, 0) is 42.5 Å². The Kier molecular flexibility index (Phi) is 4.04. The van der Waals surface area contributed by atoms with E-state index in [0.717, 1.165) is 16.7 Å². The van der Waals surface area contributed by atoms with E-state index in [1.807, 2.05) is 48.5 Å². The van der Waals surface area contributed by atoms with Gasteiger partial charge in [-0.25, -0.2) is 9.37 Å². The van der Waals surface area contributed by atoms with Crippen molar-refractivity contribution >= 4 is 34.6 Å². The standard InChI is InChI=1S/C20H12ClFN2O/c21-16-7-4-8-17(22)15(16)12-23-14-6-3-5-13(11-14)20-24-18-9-1-2-10-19(18)25-20/h1-12H. The van der Waals surface area contributed by atoms with Crippen LogP contribution in [0.1, 0.15) is 5.56 Å². The maximum Gasteiger partial charge on any atom is 0.227 e. The Morgan fingerprint density at radius 3 is 2.68 bits per heavy atom. The van der Waals surface area contributed by atoms with Gasteiger partial charge in [-0.3, -0.25) is 4.99 Å². The summed E-state index contributed by atoms with van der Waals surface area (Å²) in [7, 11) is 0. The molecule has 3 nitrogen and oxygen atoms in total. The van der Waals surface area contributed by atoms with E-state index >= 15 is 0 Å². The van der Waals surface area contributed by atoms with Gasteiger partial charge in [0.15, 0.2) is 5.58 Å². The predicted molar refractivity (Wildman–Crippen MR) is 98.1 cm³/mol. The van der Waals surface area contributed by atoms with E-state index in [-0.39, 0.29) is 5.56 Å². The van der Waals surface area contributed by atoms with Crippen LogP contribution in [0.4, 0.5) is 10.1 Å². The van der Waals surface area contributed by atoms with Crippen LogP contribution >= 0.6 is 11.6 Å². The predicted octanol–water partition coefficient (Wildman–Crippen LogP) is 6.04. The summed E-state index contributed by atoms with van der Waals surface area (Å²) in [6.07, 6.45) is 1.42. The second kappa shape index (κ2) is 6.49. The van der Waals surface area contributed by atoms with Crippen molar-refractivity contribution in [2.45, 2.75) is 0 Å². The summed E-state index contributed by atoms with van der Waals surface area (Å²) in [6.45, 7) is 0. The van der Waals surface area contributed by atoms with E-state index in [1.54, 1.807) is 12.1 Å². The molecule has 0 N–H and O–H groups in total. The van der Waals surface area contributed by atoms with Crippen molar-refractivity contribution in [2.24, 2.45) is 4.99 Å². The third-order valence-electron chi connectivity index (χ3n) is 3.73. The molecule has 0 amide bonds. The smallest absolute Gasteiger partial charge is 0.227 e. The van der Waals surface area contributed by atoms with Gasteiger partial charge in [0.05, 0.1) is 10.7 Å². The number of para-hydroxylation sites is 2. The molecule has 4 aromatic rings. The first-order valence-electron chi connectivity index (χ1n) is 7.65. The van der Waals surface area contributed by atoms with Gasteiger partial charge in [0.2, 0.25) is 5.89 Å². The second-order valence-electron chi connectivity index (χ2n) is 5.43. The van der Waals surface area contributed by atoms with Gasteiger partial charge in [-0.1, -0.05) is 35.9 Å². The van der Waals surface area contributed by atoms with Crippen LogP contribution < -0.4 is 0 Å². The summed E-state index contributed by atoms with van der Waals surface area (Å²) in [4.78, 5) is 8.79. The Hall–Kier alpha value is -2.98. The highest BCUT2D eigenvalue weighted by molar-refractivity contribution is 6.33. The number of halogens is 2. The molecular weight excluding hydrogens is 339 g/mol. The third kappa shape index (κ3) is 3.16. The van der Waals surface area contributed by atoms with Crippen molar-refractivity contribution in [1.29, 1.82) is 0 Å². The van der Waals surface area contributed by atoms with E-state index < -0.39 is 5.82 Å². The molecule has 0 radical (unpaired) electrons. The molecule has 0 fully saturated rings. The lowest BCUT2D eigenvalue weighted by atomic mass is 10.2. The van der Waals surface area contributed by atoms with E-state index in [1.165, 1.54) is 12.3 Å². The normalized spacial score (nSPS) is 11.4. The van der Waals surface area contributed by atoms with Gasteiger partial charge < -0.3 is 4.42 Å². The zero-order valence-electron chi connectivity index (χ0n) is 13.0. The Morgan fingerprint density at radius 2 is 1.84 bits per heavy atom. The Labute approximate surface area is 148 Å². The second-order valence-corrected chi connectivity index (χ2v) is 5.84. The maximum atomic E-state index is 13.8. The number of hydrogen-bond acceptors (Lipinski definition) is 3. The van der Waals surface area contributed by atoms with Crippen LogP contribution in [-0.2, 0) is 0 Å². The summed E-state index contributed by atoms with van der Waals surface area (Å²) < 4.78 is 19.6. The number of rotatable bonds is 3. The van der Waals surface area contributed by atoms with Gasteiger partial charge in [0.1, 0.15) is 11.3 Å². The topological polar surface area (TPSA) is 38.4 Å². The molecule has 5 heteroatoms. The highest BCUT2D eigenvalue weighted by atomic mass is 35.5. The van der Waals surface area contributed by atoms with Crippen molar-refractivity contribution in [1.82, 2.24) is 4.98 Å². The van der Waals surface area contributed by atoms with Crippen LogP contribution in [0, 0.1) is 5.82 Å². The van der Waals surface area contributed by atoms with Crippen LogP contribution in [0.15, 0.2) is 76.1 Å². The summed E-state index contributed by atoms with van der Waals surface area (Å²) in [5.41, 5.74) is 3.23. The van der Waals surface area contributed by atoms with Gasteiger partial charge in [-0.15, -0.1) is 0 Å². The zero-order valence-corrected chi connectivity index (χ0v) is 13.7. The molecular formula is C20H12ClFN2O. The van der Waals surface area contributed by atoms with Crippen molar-refractivity contribution in [2.75, 3.05) is 0 Å². The number of hydrogen-bond donors (Lipinski definition) is 0. The van der Waals surface area contributed by atoms with Gasteiger partial charge >= 0.3 is 0 Å². The van der Waals surface area contributed by atoms with Crippen LogP contribution in [0.5, 0.6) is 0 Å². The number of aliphatic imine (C=N–C) groups is 1. The molecule has 1 aromatic heterocycles. The minimum Gasteiger partial charge on any atom is -0.436 e. The van der Waals surface area contributed by atoms with Gasteiger partial charge in [0, 0.05) is 17.3 Å². The number of nitrogens with zero attached hydrogens (tertiary/aromatic N) is 2. The largest absolute Gasteiger partial charge is 0.436 e. The fourth-order valence-corrected chi connectivity index (χ4v) is 2.70. The average molecular weight is 351 g/mol. The minimum atomic E-state index is -0.411. The Morgan fingerprint density at radius 1 is 1.00 bits per heavy atom. The number of aromatic nitrogens is 1. The molecule has 0 aliphatic rings. The molecule has 0 aliphatic carbocycles. The first kappa shape index (κ1) is 15.5. The number of oxazole rings is 1. The molecule has 0 atom stereocenters. The van der Waals surface area contributed by atoms with E-state index in [9.17, 15) is 4.39 Å². The van der Waals surface area contributed by atoms with Crippen molar-refractivity contribution in [3.05, 3.63) is 83.1 Å². The van der Waals surface area contributed by atoms with Crippen molar-refractivity contribution in [3.8, 4) is 11.5 Å². The molecule has 0 saturated carbocycles. The molecule has 0 aliphatic heterocycles. The highest BCUT2D eigenvalue weighted by Gasteiger charge is 2.08. The third-order valence-corrected chi connectivity index (χ3v) is 4.06. The quantitative estimate of drug-likeness (QED) is 0.422. The average Bonchev–Trinajstić information content (AvgIpc) is 3.06.